The lowest BCUT2D eigenvalue weighted by Gasteiger charge is -2.38. The van der Waals surface area contributed by atoms with Gasteiger partial charge >= 0.3 is 0 Å². The summed E-state index contributed by atoms with van der Waals surface area (Å²) in [6.07, 6.45) is 2.13. The molecule has 1 fully saturated rings. The highest BCUT2D eigenvalue weighted by atomic mass is 79.9. The number of nitrogens with one attached hydrogen (secondary N) is 1. The largest absolute Gasteiger partial charge is 0.409 e. The third kappa shape index (κ3) is 2.45. The zero-order valence-electron chi connectivity index (χ0n) is 10.6. The zero-order chi connectivity index (χ0) is 14.0. The smallest absolute Gasteiger partial charge is 0.238 e. The molecule has 1 aliphatic rings. The van der Waals surface area contributed by atoms with Crippen molar-refractivity contribution in [3.05, 3.63) is 28.2 Å². The summed E-state index contributed by atoms with van der Waals surface area (Å²) in [5.41, 5.74) is 6.58. The normalized spacial score (nSPS) is 17.7. The molecule has 1 aromatic rings. The molecule has 102 valence electrons. The molecule has 0 heterocycles. The standard InChI is InChI=1S/C13H16BrN3O2/c1-8-3-4-9(7-10(8)14)16-12(18)13(5-2-6-13)11(15)17-19/h3-4,7,19H,2,5-6H2,1H3,(H2,15,17)(H,16,18). The van der Waals surface area contributed by atoms with Crippen LogP contribution in [0.25, 0.3) is 0 Å². The number of benzene rings is 1. The van der Waals surface area contributed by atoms with Crippen LogP contribution in [0, 0.1) is 12.3 Å². The van der Waals surface area contributed by atoms with Crippen LogP contribution >= 0.6 is 15.9 Å². The molecule has 6 heteroatoms. The SMILES string of the molecule is Cc1ccc(NC(=O)C2(/C(N)=N/O)CCC2)cc1Br. The van der Waals surface area contributed by atoms with Gasteiger partial charge in [0.05, 0.1) is 0 Å². The van der Waals surface area contributed by atoms with Crippen molar-refractivity contribution in [2.45, 2.75) is 26.2 Å². The predicted molar refractivity (Wildman–Crippen MR) is 77.2 cm³/mol. The van der Waals surface area contributed by atoms with Crippen LogP contribution in [-0.2, 0) is 4.79 Å². The van der Waals surface area contributed by atoms with E-state index < -0.39 is 5.41 Å². The van der Waals surface area contributed by atoms with E-state index in [1.54, 1.807) is 0 Å². The van der Waals surface area contributed by atoms with Gasteiger partial charge in [-0.1, -0.05) is 33.6 Å². The fraction of sp³-hybridized carbons (Fsp3) is 0.385. The van der Waals surface area contributed by atoms with Crippen molar-refractivity contribution in [3.8, 4) is 0 Å². The molecule has 0 bridgehead atoms. The van der Waals surface area contributed by atoms with Gasteiger partial charge in [-0.25, -0.2) is 0 Å². The first kappa shape index (κ1) is 13.9. The number of amides is 1. The first-order chi connectivity index (χ1) is 8.99. The summed E-state index contributed by atoms with van der Waals surface area (Å²) in [6.45, 7) is 1.97. The Morgan fingerprint density at radius 1 is 1.53 bits per heavy atom. The first-order valence-electron chi connectivity index (χ1n) is 6.05. The topological polar surface area (TPSA) is 87.7 Å². The van der Waals surface area contributed by atoms with Gasteiger partial charge < -0.3 is 16.3 Å². The average Bonchev–Trinajstić information content (AvgIpc) is 2.32. The van der Waals surface area contributed by atoms with E-state index in [9.17, 15) is 4.79 Å². The van der Waals surface area contributed by atoms with Crippen molar-refractivity contribution in [1.29, 1.82) is 0 Å². The monoisotopic (exact) mass is 325 g/mol. The number of hydrogen-bond donors (Lipinski definition) is 3. The maximum atomic E-state index is 12.3. The highest BCUT2D eigenvalue weighted by molar-refractivity contribution is 9.10. The van der Waals surface area contributed by atoms with Gasteiger partial charge in [0.15, 0.2) is 5.84 Å². The summed E-state index contributed by atoms with van der Waals surface area (Å²) in [7, 11) is 0. The molecule has 0 aliphatic heterocycles. The number of rotatable bonds is 3. The van der Waals surface area contributed by atoms with Gasteiger partial charge in [-0.2, -0.15) is 0 Å². The van der Waals surface area contributed by atoms with Gasteiger partial charge in [0.25, 0.3) is 0 Å². The van der Waals surface area contributed by atoms with Crippen molar-refractivity contribution in [3.63, 3.8) is 0 Å². The second-order valence-electron chi connectivity index (χ2n) is 4.84. The molecular weight excluding hydrogens is 310 g/mol. The number of aryl methyl sites for hydroxylation is 1. The van der Waals surface area contributed by atoms with Gasteiger partial charge in [0, 0.05) is 10.2 Å². The number of anilines is 1. The van der Waals surface area contributed by atoms with E-state index in [2.05, 4.69) is 26.4 Å². The highest BCUT2D eigenvalue weighted by Gasteiger charge is 2.48. The Labute approximate surface area is 120 Å². The fourth-order valence-corrected chi connectivity index (χ4v) is 2.53. The van der Waals surface area contributed by atoms with Crippen LogP contribution in [0.3, 0.4) is 0 Å². The minimum Gasteiger partial charge on any atom is -0.409 e. The Hall–Kier alpha value is -1.56. The highest BCUT2D eigenvalue weighted by Crippen LogP contribution is 2.42. The molecule has 1 aliphatic carbocycles. The number of nitrogens with zero attached hydrogens (tertiary/aromatic N) is 1. The van der Waals surface area contributed by atoms with E-state index >= 15 is 0 Å². The Balaban J connectivity index is 2.18. The lowest BCUT2D eigenvalue weighted by Crippen LogP contribution is -2.51. The molecule has 0 radical (unpaired) electrons. The molecule has 19 heavy (non-hydrogen) atoms. The van der Waals surface area contributed by atoms with Crippen LogP contribution in [0.15, 0.2) is 27.8 Å². The van der Waals surface area contributed by atoms with Crippen molar-refractivity contribution in [1.82, 2.24) is 0 Å². The second kappa shape index (κ2) is 5.21. The van der Waals surface area contributed by atoms with Crippen molar-refractivity contribution >= 4 is 33.4 Å². The molecule has 0 saturated heterocycles. The van der Waals surface area contributed by atoms with Crippen molar-refractivity contribution < 1.29 is 10.0 Å². The number of carbonyl (C=O) groups excluding carboxylic acids is 1. The van der Waals surface area contributed by atoms with Gasteiger partial charge in [0.2, 0.25) is 5.91 Å². The third-order valence-corrected chi connectivity index (χ3v) is 4.52. The molecular formula is C13H16BrN3O2. The molecule has 0 atom stereocenters. The summed E-state index contributed by atoms with van der Waals surface area (Å²) in [5.74, 6) is -0.229. The third-order valence-electron chi connectivity index (χ3n) is 3.67. The lowest BCUT2D eigenvalue weighted by molar-refractivity contribution is -0.125. The number of halogens is 1. The summed E-state index contributed by atoms with van der Waals surface area (Å²) >= 11 is 3.42. The summed E-state index contributed by atoms with van der Waals surface area (Å²) in [4.78, 5) is 12.3. The molecule has 2 rings (SSSR count). The number of carbonyl (C=O) groups is 1. The maximum absolute atomic E-state index is 12.3. The molecule has 0 spiro atoms. The second-order valence-corrected chi connectivity index (χ2v) is 5.69. The molecule has 1 amide bonds. The van der Waals surface area contributed by atoms with Gasteiger partial charge in [-0.3, -0.25) is 4.79 Å². The Bertz CT molecular complexity index is 539. The minimum atomic E-state index is -0.855. The Morgan fingerprint density at radius 2 is 2.21 bits per heavy atom. The number of oxime groups is 1. The van der Waals surface area contributed by atoms with E-state index in [1.165, 1.54) is 0 Å². The van der Waals surface area contributed by atoms with Gasteiger partial charge in [0.1, 0.15) is 5.41 Å². The molecule has 1 aromatic carbocycles. The summed E-state index contributed by atoms with van der Waals surface area (Å²) in [5, 5.41) is 14.6. The summed E-state index contributed by atoms with van der Waals surface area (Å²) in [6, 6.07) is 5.58. The van der Waals surface area contributed by atoms with Crippen LogP contribution in [-0.4, -0.2) is 17.0 Å². The predicted octanol–water partition coefficient (Wildman–Crippen LogP) is 2.61. The number of nitrogens with two attached hydrogens (primary N) is 1. The average molecular weight is 326 g/mol. The van der Waals surface area contributed by atoms with Crippen LogP contribution in [0.5, 0.6) is 0 Å². The van der Waals surface area contributed by atoms with Crippen LogP contribution < -0.4 is 11.1 Å². The van der Waals surface area contributed by atoms with Crippen molar-refractivity contribution in [2.75, 3.05) is 5.32 Å². The van der Waals surface area contributed by atoms with Gasteiger partial charge in [-0.15, -0.1) is 0 Å². The van der Waals surface area contributed by atoms with E-state index in [-0.39, 0.29) is 11.7 Å². The zero-order valence-corrected chi connectivity index (χ0v) is 12.2. The number of amidine groups is 1. The fourth-order valence-electron chi connectivity index (χ4n) is 2.15. The van der Waals surface area contributed by atoms with E-state index in [0.29, 0.717) is 18.5 Å². The maximum Gasteiger partial charge on any atom is 0.238 e. The molecule has 5 nitrogen and oxygen atoms in total. The molecule has 4 N–H and O–H groups in total. The van der Waals surface area contributed by atoms with E-state index in [4.69, 9.17) is 10.9 Å². The minimum absolute atomic E-state index is 0.0116. The summed E-state index contributed by atoms with van der Waals surface area (Å²) < 4.78 is 0.928. The van der Waals surface area contributed by atoms with E-state index in [0.717, 1.165) is 16.5 Å². The quantitative estimate of drug-likeness (QED) is 0.345. The van der Waals surface area contributed by atoms with Crippen LogP contribution in [0.1, 0.15) is 24.8 Å². The van der Waals surface area contributed by atoms with Crippen LogP contribution in [0.2, 0.25) is 0 Å². The number of hydrogen-bond acceptors (Lipinski definition) is 3. The van der Waals surface area contributed by atoms with E-state index in [1.807, 2.05) is 25.1 Å². The Kier molecular flexibility index (Phi) is 3.80. The van der Waals surface area contributed by atoms with Crippen LogP contribution in [0.4, 0.5) is 5.69 Å². The molecule has 0 unspecified atom stereocenters. The lowest BCUT2D eigenvalue weighted by atomic mass is 9.67. The van der Waals surface area contributed by atoms with Gasteiger partial charge in [-0.05, 0) is 37.5 Å². The molecule has 1 saturated carbocycles. The molecule has 0 aromatic heterocycles. The Morgan fingerprint density at radius 3 is 2.68 bits per heavy atom. The van der Waals surface area contributed by atoms with Crippen molar-refractivity contribution in [2.24, 2.45) is 16.3 Å². The first-order valence-corrected chi connectivity index (χ1v) is 6.84.